The van der Waals surface area contributed by atoms with E-state index in [-0.39, 0.29) is 48.4 Å². The Hall–Kier alpha value is -3.72. The largest absolute Gasteiger partial charge is 0.372 e. The number of anilines is 2. The molecule has 2 aromatic carbocycles. The Balaban J connectivity index is 1.14. The van der Waals surface area contributed by atoms with E-state index in [2.05, 4.69) is 32.0 Å². The number of hydrogen-bond donors (Lipinski definition) is 1. The van der Waals surface area contributed by atoms with Gasteiger partial charge < -0.3 is 24.3 Å². The topological polar surface area (TPSA) is 95.0 Å². The molecule has 9 nitrogen and oxygen atoms in total. The quantitative estimate of drug-likeness (QED) is 0.321. The van der Waals surface area contributed by atoms with Crippen LogP contribution < -0.4 is 5.32 Å². The van der Waals surface area contributed by atoms with Crippen LogP contribution in [0.4, 0.5) is 15.9 Å². The fraction of sp³-hybridized carbons (Fsp3) is 0.441. The van der Waals surface area contributed by atoms with Crippen LogP contribution in [0.5, 0.6) is 0 Å². The second kappa shape index (κ2) is 12.7. The number of ketones is 1. The first kappa shape index (κ1) is 29.0. The number of halogens is 1. The highest BCUT2D eigenvalue weighted by atomic mass is 19.1. The molecule has 5 atom stereocenters. The highest BCUT2D eigenvalue weighted by molar-refractivity contribution is 5.96. The number of likely N-dealkylation sites (tertiary alicyclic amines) is 1. The molecule has 5 heterocycles. The summed E-state index contributed by atoms with van der Waals surface area (Å²) in [5, 5.41) is 4.04. The average Bonchev–Trinajstić information content (AvgIpc) is 3.75. The summed E-state index contributed by atoms with van der Waals surface area (Å²) in [7, 11) is 0. The summed E-state index contributed by atoms with van der Waals surface area (Å²) in [5.41, 5.74) is 3.48. The summed E-state index contributed by atoms with van der Waals surface area (Å²) >= 11 is 0. The molecule has 0 bridgehead atoms. The SMILES string of the molecule is Cc1cc(Nc2ncnc3cc(C#CC4COC5OCCC45)c(CC(=O)/C=C/CN4CC5OCCOC5C4)cc23)ccc1F. The molecule has 228 valence electrons. The summed E-state index contributed by atoms with van der Waals surface area (Å²) in [4.78, 5) is 24.5. The number of aromatic nitrogens is 2. The number of ether oxygens (including phenoxy) is 4. The van der Waals surface area contributed by atoms with Crippen molar-refractivity contribution in [2.45, 2.75) is 38.3 Å². The van der Waals surface area contributed by atoms with Gasteiger partial charge in [-0.25, -0.2) is 14.4 Å². The molecule has 4 fully saturated rings. The van der Waals surface area contributed by atoms with Crippen LogP contribution >= 0.6 is 0 Å². The third-order valence-electron chi connectivity index (χ3n) is 8.78. The highest BCUT2D eigenvalue weighted by Crippen LogP contribution is 2.35. The summed E-state index contributed by atoms with van der Waals surface area (Å²) in [6, 6.07) is 8.68. The van der Waals surface area contributed by atoms with Crippen LogP contribution in [0.15, 0.2) is 48.8 Å². The normalized spacial score (nSPS) is 26.5. The van der Waals surface area contributed by atoms with Gasteiger partial charge in [-0.1, -0.05) is 17.9 Å². The van der Waals surface area contributed by atoms with E-state index in [0.717, 1.165) is 36.0 Å². The lowest BCUT2D eigenvalue weighted by Gasteiger charge is -2.24. The van der Waals surface area contributed by atoms with Gasteiger partial charge >= 0.3 is 0 Å². The maximum atomic E-state index is 13.9. The average molecular weight is 599 g/mol. The van der Waals surface area contributed by atoms with Crippen molar-refractivity contribution in [3.8, 4) is 11.8 Å². The van der Waals surface area contributed by atoms with Gasteiger partial charge in [-0.05, 0) is 60.9 Å². The molecule has 7 rings (SSSR count). The van der Waals surface area contributed by atoms with Gasteiger partial charge in [0, 0.05) is 48.6 Å². The van der Waals surface area contributed by atoms with Gasteiger partial charge in [-0.2, -0.15) is 0 Å². The van der Waals surface area contributed by atoms with Gasteiger partial charge in [0.05, 0.1) is 50.1 Å². The smallest absolute Gasteiger partial charge is 0.161 e. The molecule has 4 saturated heterocycles. The van der Waals surface area contributed by atoms with E-state index in [1.54, 1.807) is 25.1 Å². The molecule has 3 aromatic rings. The molecule has 0 spiro atoms. The molecule has 10 heteroatoms. The van der Waals surface area contributed by atoms with Gasteiger partial charge in [0.1, 0.15) is 18.0 Å². The molecule has 5 unspecified atom stereocenters. The number of nitrogens with one attached hydrogen (secondary N) is 1. The first-order valence-electron chi connectivity index (χ1n) is 15.2. The van der Waals surface area contributed by atoms with E-state index in [1.807, 2.05) is 18.2 Å². The van der Waals surface area contributed by atoms with E-state index in [0.29, 0.717) is 55.6 Å². The van der Waals surface area contributed by atoms with E-state index in [4.69, 9.17) is 18.9 Å². The zero-order valence-corrected chi connectivity index (χ0v) is 24.6. The van der Waals surface area contributed by atoms with E-state index in [1.165, 1.54) is 12.4 Å². The van der Waals surface area contributed by atoms with Crippen molar-refractivity contribution < 1.29 is 28.1 Å². The fourth-order valence-corrected chi connectivity index (χ4v) is 6.42. The minimum absolute atomic E-state index is 0.0227. The predicted octanol–water partition coefficient (Wildman–Crippen LogP) is 3.95. The number of aryl methyl sites for hydroxylation is 1. The maximum absolute atomic E-state index is 13.9. The fourth-order valence-electron chi connectivity index (χ4n) is 6.42. The van der Waals surface area contributed by atoms with Crippen molar-refractivity contribution >= 4 is 28.2 Å². The van der Waals surface area contributed by atoms with E-state index < -0.39 is 0 Å². The van der Waals surface area contributed by atoms with Crippen molar-refractivity contribution in [1.29, 1.82) is 0 Å². The van der Waals surface area contributed by atoms with Crippen LogP contribution in [0.3, 0.4) is 0 Å². The lowest BCUT2D eigenvalue weighted by atomic mass is 9.93. The lowest BCUT2D eigenvalue weighted by molar-refractivity contribution is -0.116. The number of carbonyl (C=O) groups excluding carboxylic acids is 1. The van der Waals surface area contributed by atoms with E-state index in [9.17, 15) is 9.18 Å². The van der Waals surface area contributed by atoms with Crippen LogP contribution in [0, 0.1) is 36.4 Å². The summed E-state index contributed by atoms with van der Waals surface area (Å²) in [6.45, 7) is 6.46. The number of benzene rings is 2. The van der Waals surface area contributed by atoms with Crippen LogP contribution in [0.1, 0.15) is 23.1 Å². The Morgan fingerprint density at radius 1 is 1.09 bits per heavy atom. The number of rotatable bonds is 7. The van der Waals surface area contributed by atoms with Crippen molar-refractivity contribution in [1.82, 2.24) is 14.9 Å². The van der Waals surface area contributed by atoms with Gasteiger partial charge in [0.2, 0.25) is 0 Å². The second-order valence-electron chi connectivity index (χ2n) is 11.8. The first-order chi connectivity index (χ1) is 21.5. The highest BCUT2D eigenvalue weighted by Gasteiger charge is 2.41. The van der Waals surface area contributed by atoms with Crippen molar-refractivity contribution in [2.24, 2.45) is 11.8 Å². The van der Waals surface area contributed by atoms with E-state index >= 15 is 0 Å². The molecule has 1 N–H and O–H groups in total. The molecular weight excluding hydrogens is 563 g/mol. The number of allylic oxidation sites excluding steroid dienone is 1. The summed E-state index contributed by atoms with van der Waals surface area (Å²) in [6.07, 6.45) is 6.19. The molecule has 4 aliphatic heterocycles. The molecule has 4 aliphatic rings. The Labute approximate surface area is 255 Å². The Kier molecular flexibility index (Phi) is 8.39. The summed E-state index contributed by atoms with van der Waals surface area (Å²) in [5.74, 6) is 7.38. The van der Waals surface area contributed by atoms with Crippen molar-refractivity contribution in [3.63, 3.8) is 0 Å². The maximum Gasteiger partial charge on any atom is 0.161 e. The van der Waals surface area contributed by atoms with Crippen molar-refractivity contribution in [2.75, 3.05) is 51.4 Å². The number of nitrogens with zero attached hydrogens (tertiary/aromatic N) is 3. The number of hydrogen-bond acceptors (Lipinski definition) is 9. The Bertz CT molecular complexity index is 1640. The van der Waals surface area contributed by atoms with Gasteiger partial charge in [-0.15, -0.1) is 0 Å². The molecule has 0 saturated carbocycles. The zero-order chi connectivity index (χ0) is 30.0. The standard InChI is InChI=1S/C34H35FN4O5/c1-21-13-25(6-7-29(21)35)38-33-28-15-24(14-26(40)3-2-9-39-17-31-32(18-39)42-12-11-41-31)22(16-30(28)36-20-37-33)4-5-23-19-44-34-27(23)8-10-43-34/h2-3,6-7,13,15-16,20,23,27,31-32,34H,8-12,14,17-19H2,1H3,(H,36,37,38)/b3-2+. The zero-order valence-electron chi connectivity index (χ0n) is 24.6. The summed E-state index contributed by atoms with van der Waals surface area (Å²) < 4.78 is 37.0. The lowest BCUT2D eigenvalue weighted by Crippen LogP contribution is -2.36. The third-order valence-corrected chi connectivity index (χ3v) is 8.78. The molecule has 1 aromatic heterocycles. The minimum atomic E-state index is -0.270. The van der Waals surface area contributed by atoms with Gasteiger partial charge in [0.15, 0.2) is 12.1 Å². The van der Waals surface area contributed by atoms with Gasteiger partial charge in [0.25, 0.3) is 0 Å². The first-order valence-corrected chi connectivity index (χ1v) is 15.2. The van der Waals surface area contributed by atoms with Crippen LogP contribution in [0.2, 0.25) is 0 Å². The van der Waals surface area contributed by atoms with Crippen LogP contribution in [-0.2, 0) is 30.2 Å². The van der Waals surface area contributed by atoms with Crippen molar-refractivity contribution in [3.05, 3.63) is 71.3 Å². The molecular formula is C34H35FN4O5. The molecule has 44 heavy (non-hydrogen) atoms. The third kappa shape index (κ3) is 6.25. The molecule has 0 aliphatic carbocycles. The minimum Gasteiger partial charge on any atom is -0.372 e. The van der Waals surface area contributed by atoms with Crippen LogP contribution in [-0.4, -0.2) is 85.2 Å². The Morgan fingerprint density at radius 2 is 1.93 bits per heavy atom. The number of carbonyl (C=O) groups is 1. The monoisotopic (exact) mass is 598 g/mol. The Morgan fingerprint density at radius 3 is 2.75 bits per heavy atom. The number of fused-ring (bicyclic) bond motifs is 3. The second-order valence-corrected chi connectivity index (χ2v) is 11.8. The predicted molar refractivity (Wildman–Crippen MR) is 162 cm³/mol. The molecule has 0 amide bonds. The van der Waals surface area contributed by atoms with Crippen LogP contribution in [0.25, 0.3) is 10.9 Å². The molecule has 0 radical (unpaired) electrons. The van der Waals surface area contributed by atoms with Gasteiger partial charge in [-0.3, -0.25) is 9.69 Å².